The molecule has 1 heterocycles. The van der Waals surface area contributed by atoms with Crippen molar-refractivity contribution >= 4 is 28.9 Å². The number of carbonyl (C=O) groups is 1. The minimum atomic E-state index is 0.244. The second kappa shape index (κ2) is 8.33. The molecular weight excluding hydrogens is 322 g/mol. The first kappa shape index (κ1) is 17.0. The summed E-state index contributed by atoms with van der Waals surface area (Å²) in [5, 5.41) is 6.88. The van der Waals surface area contributed by atoms with Crippen LogP contribution in [0.15, 0.2) is 24.3 Å². The van der Waals surface area contributed by atoms with Gasteiger partial charge in [0.1, 0.15) is 5.75 Å². The summed E-state index contributed by atoms with van der Waals surface area (Å²) in [7, 11) is 0. The fraction of sp³-hybridized carbons (Fsp3) is 0.556. The van der Waals surface area contributed by atoms with Crippen molar-refractivity contribution in [2.75, 3.05) is 25.0 Å². The minimum Gasteiger partial charge on any atom is -0.490 e. The molecule has 6 heteroatoms. The molecule has 1 aliphatic carbocycles. The van der Waals surface area contributed by atoms with Gasteiger partial charge in [-0.15, -0.1) is 0 Å². The SMILES string of the molecule is O=C1CCCN1CCNC(=S)Nc1ccc(OC2CCCC2)cc1. The monoisotopic (exact) mass is 347 g/mol. The molecule has 5 nitrogen and oxygen atoms in total. The maximum atomic E-state index is 11.5. The minimum absolute atomic E-state index is 0.244. The molecule has 0 bridgehead atoms. The van der Waals surface area contributed by atoms with Crippen LogP contribution >= 0.6 is 12.2 Å². The van der Waals surface area contributed by atoms with Gasteiger partial charge in [0.15, 0.2) is 5.11 Å². The summed E-state index contributed by atoms with van der Waals surface area (Å²) < 4.78 is 5.95. The Morgan fingerprint density at radius 1 is 1.21 bits per heavy atom. The van der Waals surface area contributed by atoms with Crippen molar-refractivity contribution in [3.05, 3.63) is 24.3 Å². The molecule has 3 rings (SSSR count). The summed E-state index contributed by atoms with van der Waals surface area (Å²) in [6, 6.07) is 7.91. The van der Waals surface area contributed by atoms with Gasteiger partial charge in [0.25, 0.3) is 0 Å². The van der Waals surface area contributed by atoms with Crippen LogP contribution in [0.3, 0.4) is 0 Å². The highest BCUT2D eigenvalue weighted by Gasteiger charge is 2.19. The maximum absolute atomic E-state index is 11.5. The van der Waals surface area contributed by atoms with E-state index in [-0.39, 0.29) is 5.91 Å². The summed E-state index contributed by atoms with van der Waals surface area (Å²) in [5.41, 5.74) is 0.934. The van der Waals surface area contributed by atoms with Crippen molar-refractivity contribution in [1.29, 1.82) is 0 Å². The van der Waals surface area contributed by atoms with Gasteiger partial charge in [-0.3, -0.25) is 4.79 Å². The maximum Gasteiger partial charge on any atom is 0.222 e. The lowest BCUT2D eigenvalue weighted by Gasteiger charge is -2.17. The van der Waals surface area contributed by atoms with E-state index < -0.39 is 0 Å². The highest BCUT2D eigenvalue weighted by Crippen LogP contribution is 2.24. The summed E-state index contributed by atoms with van der Waals surface area (Å²) in [6.07, 6.45) is 6.89. The molecule has 2 N–H and O–H groups in total. The van der Waals surface area contributed by atoms with Crippen LogP contribution in [0.25, 0.3) is 0 Å². The summed E-state index contributed by atoms with van der Waals surface area (Å²) in [4.78, 5) is 13.4. The van der Waals surface area contributed by atoms with Crippen molar-refractivity contribution < 1.29 is 9.53 Å². The lowest BCUT2D eigenvalue weighted by atomic mass is 10.3. The summed E-state index contributed by atoms with van der Waals surface area (Å²) in [6.45, 7) is 2.23. The molecule has 1 saturated carbocycles. The van der Waals surface area contributed by atoms with Crippen LogP contribution in [0.5, 0.6) is 5.75 Å². The van der Waals surface area contributed by atoms with Crippen LogP contribution in [0.4, 0.5) is 5.69 Å². The normalized spacial score (nSPS) is 18.0. The Bertz CT molecular complexity index is 570. The first-order valence-corrected chi connectivity index (χ1v) is 9.21. The van der Waals surface area contributed by atoms with Crippen LogP contribution in [0.1, 0.15) is 38.5 Å². The molecule has 1 amide bonds. The van der Waals surface area contributed by atoms with E-state index in [0.29, 0.717) is 30.7 Å². The zero-order valence-electron chi connectivity index (χ0n) is 13.9. The number of anilines is 1. The Labute approximate surface area is 148 Å². The Morgan fingerprint density at radius 2 is 1.96 bits per heavy atom. The third-order valence-electron chi connectivity index (χ3n) is 4.56. The highest BCUT2D eigenvalue weighted by molar-refractivity contribution is 7.80. The number of thiocarbonyl (C=S) groups is 1. The molecule has 2 fully saturated rings. The van der Waals surface area contributed by atoms with Gasteiger partial charge in [0.05, 0.1) is 6.10 Å². The summed E-state index contributed by atoms with van der Waals surface area (Å²) in [5.74, 6) is 1.16. The number of benzene rings is 1. The van der Waals surface area contributed by atoms with E-state index in [2.05, 4.69) is 10.6 Å². The zero-order chi connectivity index (χ0) is 16.8. The number of rotatable bonds is 6. The van der Waals surface area contributed by atoms with Crippen LogP contribution in [0.2, 0.25) is 0 Å². The van der Waals surface area contributed by atoms with Crippen LogP contribution in [-0.4, -0.2) is 41.7 Å². The van der Waals surface area contributed by atoms with Crippen molar-refractivity contribution in [2.45, 2.75) is 44.6 Å². The van der Waals surface area contributed by atoms with Crippen LogP contribution in [-0.2, 0) is 4.79 Å². The Morgan fingerprint density at radius 3 is 2.62 bits per heavy atom. The van der Waals surface area contributed by atoms with Gasteiger partial charge in [-0.05, 0) is 68.6 Å². The largest absolute Gasteiger partial charge is 0.490 e. The molecule has 0 radical (unpaired) electrons. The van der Waals surface area contributed by atoms with Gasteiger partial charge in [0, 0.05) is 31.7 Å². The Kier molecular flexibility index (Phi) is 5.91. The van der Waals surface area contributed by atoms with Gasteiger partial charge in [0.2, 0.25) is 5.91 Å². The molecule has 130 valence electrons. The average Bonchev–Trinajstić information content (AvgIpc) is 3.22. The highest BCUT2D eigenvalue weighted by atomic mass is 32.1. The fourth-order valence-electron chi connectivity index (χ4n) is 3.24. The topological polar surface area (TPSA) is 53.6 Å². The third-order valence-corrected chi connectivity index (χ3v) is 4.80. The Hall–Kier alpha value is -1.82. The first-order chi connectivity index (χ1) is 11.7. The van der Waals surface area contributed by atoms with Gasteiger partial charge < -0.3 is 20.3 Å². The van der Waals surface area contributed by atoms with E-state index in [9.17, 15) is 4.79 Å². The van der Waals surface area contributed by atoms with E-state index in [1.54, 1.807) is 0 Å². The van der Waals surface area contributed by atoms with E-state index in [1.165, 1.54) is 12.8 Å². The standard InChI is InChI=1S/C18H25N3O2S/c22-17-6-3-12-21(17)13-11-19-18(24)20-14-7-9-16(10-8-14)23-15-4-1-2-5-15/h7-10,15H,1-6,11-13H2,(H2,19,20,24). The van der Waals surface area contributed by atoms with Crippen molar-refractivity contribution in [1.82, 2.24) is 10.2 Å². The number of likely N-dealkylation sites (tertiary alicyclic amines) is 1. The van der Waals surface area contributed by atoms with Crippen LogP contribution in [0, 0.1) is 0 Å². The molecule has 2 aliphatic rings. The second-order valence-corrected chi connectivity index (χ2v) is 6.82. The predicted molar refractivity (Wildman–Crippen MR) is 99.4 cm³/mol. The van der Waals surface area contributed by atoms with Gasteiger partial charge in [-0.2, -0.15) is 0 Å². The average molecular weight is 347 g/mol. The van der Waals surface area contributed by atoms with Gasteiger partial charge >= 0.3 is 0 Å². The molecule has 1 saturated heterocycles. The molecule has 1 aromatic rings. The first-order valence-electron chi connectivity index (χ1n) is 8.80. The molecule has 1 aromatic carbocycles. The summed E-state index contributed by atoms with van der Waals surface area (Å²) >= 11 is 5.30. The molecule has 24 heavy (non-hydrogen) atoms. The van der Waals surface area contributed by atoms with E-state index in [0.717, 1.165) is 37.2 Å². The van der Waals surface area contributed by atoms with Gasteiger partial charge in [-0.25, -0.2) is 0 Å². The number of hydrogen-bond donors (Lipinski definition) is 2. The number of nitrogens with zero attached hydrogens (tertiary/aromatic N) is 1. The smallest absolute Gasteiger partial charge is 0.222 e. The third kappa shape index (κ3) is 4.84. The van der Waals surface area contributed by atoms with Crippen molar-refractivity contribution in [3.8, 4) is 5.75 Å². The lowest BCUT2D eigenvalue weighted by molar-refractivity contribution is -0.127. The number of ether oxygens (including phenoxy) is 1. The quantitative estimate of drug-likeness (QED) is 0.775. The predicted octanol–water partition coefficient (Wildman–Crippen LogP) is 2.92. The molecular formula is C18H25N3O2S. The van der Waals surface area contributed by atoms with Gasteiger partial charge in [-0.1, -0.05) is 0 Å². The number of carbonyl (C=O) groups excluding carboxylic acids is 1. The molecule has 0 spiro atoms. The van der Waals surface area contributed by atoms with Crippen LogP contribution < -0.4 is 15.4 Å². The zero-order valence-corrected chi connectivity index (χ0v) is 14.7. The molecule has 0 unspecified atom stereocenters. The fourth-order valence-corrected chi connectivity index (χ4v) is 3.46. The number of nitrogens with one attached hydrogen (secondary N) is 2. The molecule has 1 aliphatic heterocycles. The number of amides is 1. The van der Waals surface area contributed by atoms with Crippen molar-refractivity contribution in [3.63, 3.8) is 0 Å². The van der Waals surface area contributed by atoms with E-state index in [1.807, 2.05) is 29.2 Å². The Balaban J connectivity index is 1.38. The van der Waals surface area contributed by atoms with Crippen molar-refractivity contribution in [2.24, 2.45) is 0 Å². The molecule has 0 aromatic heterocycles. The second-order valence-electron chi connectivity index (χ2n) is 6.41. The van der Waals surface area contributed by atoms with E-state index in [4.69, 9.17) is 17.0 Å². The molecule has 0 atom stereocenters. The van der Waals surface area contributed by atoms with E-state index >= 15 is 0 Å². The lowest BCUT2D eigenvalue weighted by Crippen LogP contribution is -2.37. The number of hydrogen-bond acceptors (Lipinski definition) is 3.